The molecule has 2 rings (SSSR count). The van der Waals surface area contributed by atoms with Gasteiger partial charge >= 0.3 is 5.97 Å². The van der Waals surface area contributed by atoms with Crippen LogP contribution in [0.15, 0.2) is 30.5 Å². The molecule has 6 nitrogen and oxygen atoms in total. The molecule has 0 fully saturated rings. The van der Waals surface area contributed by atoms with E-state index in [9.17, 15) is 14.3 Å². The number of para-hydroxylation sites is 1. The van der Waals surface area contributed by atoms with E-state index in [-0.39, 0.29) is 6.42 Å². The molecular weight excluding hydrogens is 303 g/mol. The maximum absolute atomic E-state index is 12.2. The molecule has 1 aromatic carbocycles. The summed E-state index contributed by atoms with van der Waals surface area (Å²) in [6, 6.07) is 6.83. The van der Waals surface area contributed by atoms with Gasteiger partial charge in [0.25, 0.3) is 7.52 Å². The number of hydrogen-bond acceptors (Lipinski definition) is 3. The number of H-pyrrole nitrogens is 1. The zero-order chi connectivity index (χ0) is 16.3. The third kappa shape index (κ3) is 3.58. The van der Waals surface area contributed by atoms with Crippen LogP contribution in [-0.2, 0) is 20.5 Å². The number of aromatic nitrogens is 1. The molecule has 7 heteroatoms. The number of benzene rings is 1. The number of nitrogens with one attached hydrogen (secondary N) is 2. The molecule has 22 heavy (non-hydrogen) atoms. The van der Waals surface area contributed by atoms with Crippen LogP contribution in [0.1, 0.15) is 19.4 Å². The Morgan fingerprint density at radius 3 is 2.73 bits per heavy atom. The highest BCUT2D eigenvalue weighted by molar-refractivity contribution is 7.56. The second-order valence-electron chi connectivity index (χ2n) is 5.49. The summed E-state index contributed by atoms with van der Waals surface area (Å²) >= 11 is 0. The summed E-state index contributed by atoms with van der Waals surface area (Å²) < 4.78 is 16.9. The Kier molecular flexibility index (Phi) is 5.06. The number of aromatic amines is 1. The monoisotopic (exact) mass is 324 g/mol. The smallest absolute Gasteiger partial charge is 0.323 e. The van der Waals surface area contributed by atoms with Crippen LogP contribution < -0.4 is 5.09 Å². The van der Waals surface area contributed by atoms with E-state index in [4.69, 9.17) is 4.74 Å². The van der Waals surface area contributed by atoms with Crippen LogP contribution in [0, 0.1) is 0 Å². The van der Waals surface area contributed by atoms with E-state index in [0.29, 0.717) is 0 Å². The number of methoxy groups -OCH3 is 1. The van der Waals surface area contributed by atoms with E-state index in [0.717, 1.165) is 16.5 Å². The molecule has 1 aromatic heterocycles. The van der Waals surface area contributed by atoms with Crippen LogP contribution >= 0.6 is 7.52 Å². The predicted molar refractivity (Wildman–Crippen MR) is 85.9 cm³/mol. The highest BCUT2D eigenvalue weighted by Gasteiger charge is 2.31. The minimum Gasteiger partial charge on any atom is -0.468 e. The van der Waals surface area contributed by atoms with Crippen LogP contribution in [0.3, 0.4) is 0 Å². The summed E-state index contributed by atoms with van der Waals surface area (Å²) in [5.41, 5.74) is 1.36. The number of ether oxygens (including phenoxy) is 1. The first kappa shape index (κ1) is 16.7. The number of rotatable bonds is 6. The molecule has 0 spiro atoms. The van der Waals surface area contributed by atoms with Gasteiger partial charge in [0.2, 0.25) is 0 Å². The van der Waals surface area contributed by atoms with Gasteiger partial charge in [0.1, 0.15) is 6.04 Å². The zero-order valence-electron chi connectivity index (χ0n) is 12.9. The maximum Gasteiger partial charge on any atom is 0.323 e. The van der Waals surface area contributed by atoms with Gasteiger partial charge in [0.05, 0.1) is 7.11 Å². The Morgan fingerprint density at radius 1 is 1.41 bits per heavy atom. The van der Waals surface area contributed by atoms with Crippen molar-refractivity contribution >= 4 is 24.4 Å². The molecule has 0 aliphatic heterocycles. The van der Waals surface area contributed by atoms with Crippen molar-refractivity contribution in [3.63, 3.8) is 0 Å². The van der Waals surface area contributed by atoms with E-state index in [2.05, 4.69) is 10.1 Å². The highest BCUT2D eigenvalue weighted by atomic mass is 31.2. The predicted octanol–water partition coefficient (Wildman–Crippen LogP) is 2.44. The Bertz CT molecular complexity index is 710. The Morgan fingerprint density at radius 2 is 2.09 bits per heavy atom. The molecule has 0 saturated heterocycles. The molecule has 0 saturated carbocycles. The minimum atomic E-state index is -3.63. The summed E-state index contributed by atoms with van der Waals surface area (Å²) in [6.07, 6.45) is 2.08. The fraction of sp³-hybridized carbons (Fsp3) is 0.400. The Balaban J connectivity index is 2.27. The van der Waals surface area contributed by atoms with Crippen LogP contribution in [-0.4, -0.2) is 34.7 Å². The molecule has 0 amide bonds. The van der Waals surface area contributed by atoms with Gasteiger partial charge in [-0.05, 0) is 11.6 Å². The number of carbonyl (C=O) groups excluding carboxylic acids is 1. The second-order valence-corrected chi connectivity index (χ2v) is 8.02. The lowest BCUT2D eigenvalue weighted by Crippen LogP contribution is -2.38. The van der Waals surface area contributed by atoms with Gasteiger partial charge in [-0.1, -0.05) is 32.0 Å². The SMILES string of the molecule is COC(=O)[C@H](Cc1c[nH]c2ccccc12)NP(=O)(O)C(C)C. The van der Waals surface area contributed by atoms with Crippen molar-refractivity contribution in [1.29, 1.82) is 0 Å². The lowest BCUT2D eigenvalue weighted by atomic mass is 10.1. The van der Waals surface area contributed by atoms with Gasteiger partial charge in [0.15, 0.2) is 0 Å². The number of fused-ring (bicyclic) bond motifs is 1. The maximum atomic E-state index is 12.2. The molecule has 1 heterocycles. The Hall–Kier alpha value is -1.62. The minimum absolute atomic E-state index is 0.272. The summed E-state index contributed by atoms with van der Waals surface area (Å²) in [6.45, 7) is 3.27. The van der Waals surface area contributed by atoms with Gasteiger partial charge in [0, 0.05) is 29.2 Å². The van der Waals surface area contributed by atoms with Gasteiger partial charge in [-0.15, -0.1) is 0 Å². The summed E-state index contributed by atoms with van der Waals surface area (Å²) in [7, 11) is -2.36. The summed E-state index contributed by atoms with van der Waals surface area (Å²) in [5.74, 6) is -0.555. The third-order valence-corrected chi connectivity index (χ3v) is 5.71. The molecule has 1 unspecified atom stereocenters. The van der Waals surface area contributed by atoms with E-state index in [1.54, 1.807) is 20.0 Å². The van der Waals surface area contributed by atoms with Gasteiger partial charge in [-0.25, -0.2) is 5.09 Å². The standard InChI is InChI=1S/C15H21N2O4P/c1-10(2)22(19,20)17-14(15(18)21-3)8-11-9-16-13-7-5-4-6-12(11)13/h4-7,9-10,14,16H,8H2,1-3H3,(H2,17,19,20)/t14-/m0/s1. The lowest BCUT2D eigenvalue weighted by Gasteiger charge is -2.22. The normalized spacial score (nSPS) is 15.7. The molecule has 0 radical (unpaired) electrons. The van der Waals surface area contributed by atoms with E-state index < -0.39 is 25.2 Å². The average Bonchev–Trinajstić information content (AvgIpc) is 2.88. The molecule has 3 N–H and O–H groups in total. The van der Waals surface area contributed by atoms with E-state index in [1.165, 1.54) is 7.11 Å². The number of esters is 1. The van der Waals surface area contributed by atoms with Crippen molar-refractivity contribution in [3.8, 4) is 0 Å². The number of carbonyl (C=O) groups is 1. The van der Waals surface area contributed by atoms with Crippen LogP contribution in [0.5, 0.6) is 0 Å². The molecule has 120 valence electrons. The molecule has 2 aromatic rings. The first-order chi connectivity index (χ1) is 10.3. The van der Waals surface area contributed by atoms with Crippen molar-refractivity contribution in [2.45, 2.75) is 32.0 Å². The highest BCUT2D eigenvalue weighted by Crippen LogP contribution is 2.42. The molecular formula is C15H21N2O4P. The van der Waals surface area contributed by atoms with E-state index in [1.807, 2.05) is 24.3 Å². The molecule has 0 bridgehead atoms. The van der Waals surface area contributed by atoms with Gasteiger partial charge in [-0.2, -0.15) is 0 Å². The topological polar surface area (TPSA) is 91.4 Å². The first-order valence-electron chi connectivity index (χ1n) is 7.08. The van der Waals surface area contributed by atoms with Crippen molar-refractivity contribution in [2.24, 2.45) is 0 Å². The largest absolute Gasteiger partial charge is 0.468 e. The molecule has 2 atom stereocenters. The lowest BCUT2D eigenvalue weighted by molar-refractivity contribution is -0.142. The van der Waals surface area contributed by atoms with Crippen molar-refractivity contribution in [3.05, 3.63) is 36.0 Å². The zero-order valence-corrected chi connectivity index (χ0v) is 13.8. The van der Waals surface area contributed by atoms with Crippen molar-refractivity contribution in [2.75, 3.05) is 7.11 Å². The van der Waals surface area contributed by atoms with Crippen molar-refractivity contribution in [1.82, 2.24) is 10.1 Å². The fourth-order valence-electron chi connectivity index (χ4n) is 2.22. The quantitative estimate of drug-likeness (QED) is 0.561. The van der Waals surface area contributed by atoms with Crippen LogP contribution in [0.2, 0.25) is 0 Å². The van der Waals surface area contributed by atoms with Crippen LogP contribution in [0.4, 0.5) is 0 Å². The van der Waals surface area contributed by atoms with Gasteiger partial charge < -0.3 is 14.6 Å². The average molecular weight is 324 g/mol. The fourth-order valence-corrected chi connectivity index (χ4v) is 3.16. The molecule has 0 aliphatic rings. The summed E-state index contributed by atoms with van der Waals surface area (Å²) in [5, 5.41) is 3.55. The molecule has 0 aliphatic carbocycles. The van der Waals surface area contributed by atoms with E-state index >= 15 is 0 Å². The van der Waals surface area contributed by atoms with Crippen LogP contribution in [0.25, 0.3) is 10.9 Å². The van der Waals surface area contributed by atoms with Crippen molar-refractivity contribution < 1.29 is 19.0 Å². The summed E-state index contributed by atoms with van der Waals surface area (Å²) in [4.78, 5) is 25.0. The van der Waals surface area contributed by atoms with Gasteiger partial charge in [-0.3, -0.25) is 9.36 Å². The Labute approximate surface area is 129 Å². The third-order valence-electron chi connectivity index (χ3n) is 3.63. The number of hydrogen-bond donors (Lipinski definition) is 3. The first-order valence-corrected chi connectivity index (χ1v) is 8.81. The second kappa shape index (κ2) is 6.65.